The van der Waals surface area contributed by atoms with Crippen LogP contribution in [0.4, 0.5) is 5.69 Å². The molecule has 33 heavy (non-hydrogen) atoms. The predicted molar refractivity (Wildman–Crippen MR) is 133 cm³/mol. The zero-order chi connectivity index (χ0) is 23.3. The summed E-state index contributed by atoms with van der Waals surface area (Å²) in [6, 6.07) is 20.9. The first-order chi connectivity index (χ1) is 15.9. The summed E-state index contributed by atoms with van der Waals surface area (Å²) < 4.78 is 26.8. The lowest BCUT2D eigenvalue weighted by atomic mass is 10.3. The van der Waals surface area contributed by atoms with Gasteiger partial charge in [0.2, 0.25) is 15.9 Å². The van der Waals surface area contributed by atoms with E-state index in [0.717, 1.165) is 28.3 Å². The number of aromatic nitrogens is 1. The number of benzene rings is 2. The normalized spacial score (nSPS) is 15.3. The van der Waals surface area contributed by atoms with Crippen molar-refractivity contribution >= 4 is 45.1 Å². The van der Waals surface area contributed by atoms with E-state index in [1.807, 2.05) is 61.5 Å². The second-order valence-corrected chi connectivity index (χ2v) is 12.0. The Balaban J connectivity index is 1.39. The number of nitrogens with one attached hydrogen (secondary N) is 1. The molecule has 4 rings (SSSR count). The fourth-order valence-electron chi connectivity index (χ4n) is 3.41. The van der Waals surface area contributed by atoms with Crippen LogP contribution in [0.2, 0.25) is 0 Å². The van der Waals surface area contributed by atoms with Gasteiger partial charge < -0.3 is 5.32 Å². The SMILES string of the molecule is CC(Sc1ccc(S(=O)(=O)N2CCCC2)cn1)C(=O)Nc1ccccc1Sc1ccccc1. The summed E-state index contributed by atoms with van der Waals surface area (Å²) in [6.45, 7) is 2.92. The second kappa shape index (κ2) is 10.7. The van der Waals surface area contributed by atoms with Gasteiger partial charge in [-0.3, -0.25) is 4.79 Å². The number of hydrogen-bond donors (Lipinski definition) is 1. The number of rotatable bonds is 8. The fourth-order valence-corrected chi connectivity index (χ4v) is 6.58. The number of anilines is 1. The Morgan fingerprint density at radius 2 is 1.70 bits per heavy atom. The molecular weight excluding hydrogens is 474 g/mol. The number of carbonyl (C=O) groups excluding carboxylic acids is 1. The summed E-state index contributed by atoms with van der Waals surface area (Å²) in [6.07, 6.45) is 3.16. The molecule has 1 saturated heterocycles. The van der Waals surface area contributed by atoms with E-state index < -0.39 is 15.3 Å². The van der Waals surface area contributed by atoms with Crippen molar-refractivity contribution in [2.24, 2.45) is 0 Å². The van der Waals surface area contributed by atoms with Gasteiger partial charge in [-0.15, -0.1) is 0 Å². The molecule has 0 aliphatic carbocycles. The van der Waals surface area contributed by atoms with E-state index in [-0.39, 0.29) is 10.8 Å². The number of nitrogens with zero attached hydrogens (tertiary/aromatic N) is 2. The predicted octanol–water partition coefficient (Wildman–Crippen LogP) is 5.14. The maximum absolute atomic E-state index is 12.9. The topological polar surface area (TPSA) is 79.4 Å². The van der Waals surface area contributed by atoms with E-state index in [1.165, 1.54) is 22.3 Å². The van der Waals surface area contributed by atoms with Crippen LogP contribution < -0.4 is 5.32 Å². The second-order valence-electron chi connectivity index (χ2n) is 7.60. The van der Waals surface area contributed by atoms with Crippen LogP contribution in [0.3, 0.4) is 0 Å². The van der Waals surface area contributed by atoms with Crippen LogP contribution in [0, 0.1) is 0 Å². The van der Waals surface area contributed by atoms with E-state index in [1.54, 1.807) is 23.9 Å². The lowest BCUT2D eigenvalue weighted by Crippen LogP contribution is -2.28. The summed E-state index contributed by atoms with van der Waals surface area (Å²) >= 11 is 2.89. The van der Waals surface area contributed by atoms with Gasteiger partial charge >= 0.3 is 0 Å². The Bertz CT molecular complexity index is 1200. The number of amides is 1. The lowest BCUT2D eigenvalue weighted by Gasteiger charge is -2.16. The number of sulfonamides is 1. The monoisotopic (exact) mass is 499 g/mol. The van der Waals surface area contributed by atoms with Crippen molar-refractivity contribution in [3.63, 3.8) is 0 Å². The number of thioether (sulfide) groups is 1. The Morgan fingerprint density at radius 3 is 2.39 bits per heavy atom. The molecule has 1 atom stereocenters. The van der Waals surface area contributed by atoms with Gasteiger partial charge in [0.15, 0.2) is 0 Å². The van der Waals surface area contributed by atoms with E-state index in [0.29, 0.717) is 18.1 Å². The van der Waals surface area contributed by atoms with Gasteiger partial charge in [-0.2, -0.15) is 4.31 Å². The minimum Gasteiger partial charge on any atom is -0.324 e. The van der Waals surface area contributed by atoms with Crippen molar-refractivity contribution in [3.8, 4) is 0 Å². The molecule has 1 fully saturated rings. The van der Waals surface area contributed by atoms with Crippen LogP contribution in [0.1, 0.15) is 19.8 Å². The van der Waals surface area contributed by atoms with Crippen molar-refractivity contribution < 1.29 is 13.2 Å². The molecule has 1 aromatic heterocycles. The van der Waals surface area contributed by atoms with Gasteiger partial charge in [-0.05, 0) is 56.2 Å². The highest BCUT2D eigenvalue weighted by atomic mass is 32.2. The molecule has 1 amide bonds. The average molecular weight is 500 g/mol. The molecule has 1 N–H and O–H groups in total. The molecular formula is C24H25N3O3S3. The fraction of sp³-hybridized carbons (Fsp3) is 0.250. The largest absolute Gasteiger partial charge is 0.324 e. The van der Waals surface area contributed by atoms with Gasteiger partial charge in [-0.1, -0.05) is 53.9 Å². The Kier molecular flexibility index (Phi) is 7.75. The van der Waals surface area contributed by atoms with Crippen LogP contribution in [0.25, 0.3) is 0 Å². The standard InChI is InChI=1S/C24H25N3O3S3/c1-18(31-23-14-13-20(17-25-23)33(29,30)27-15-7-8-16-27)24(28)26-21-11-5-6-12-22(21)32-19-9-3-2-4-10-19/h2-6,9-14,17-18H,7-8,15-16H2,1H3,(H,26,28). The highest BCUT2D eigenvalue weighted by Crippen LogP contribution is 2.34. The summed E-state index contributed by atoms with van der Waals surface area (Å²) in [7, 11) is -3.49. The molecule has 6 nitrogen and oxygen atoms in total. The zero-order valence-corrected chi connectivity index (χ0v) is 20.6. The van der Waals surface area contributed by atoms with Crippen molar-refractivity contribution in [3.05, 3.63) is 72.9 Å². The molecule has 1 unspecified atom stereocenters. The quantitative estimate of drug-likeness (QED) is 0.433. The maximum Gasteiger partial charge on any atom is 0.244 e. The third-order valence-electron chi connectivity index (χ3n) is 5.19. The summed E-state index contributed by atoms with van der Waals surface area (Å²) in [5.74, 6) is -0.142. The summed E-state index contributed by atoms with van der Waals surface area (Å²) in [5.41, 5.74) is 0.754. The van der Waals surface area contributed by atoms with Crippen molar-refractivity contribution in [2.45, 2.75) is 44.7 Å². The molecule has 1 aliphatic rings. The molecule has 0 saturated carbocycles. The Hall–Kier alpha value is -2.33. The molecule has 172 valence electrons. The first-order valence-corrected chi connectivity index (χ1v) is 13.8. The average Bonchev–Trinajstić information content (AvgIpc) is 3.37. The van der Waals surface area contributed by atoms with E-state index in [2.05, 4.69) is 10.3 Å². The molecule has 9 heteroatoms. The first kappa shape index (κ1) is 23.8. The number of hydrogen-bond acceptors (Lipinski definition) is 6. The van der Waals surface area contributed by atoms with Gasteiger partial charge in [0.1, 0.15) is 4.90 Å². The smallest absolute Gasteiger partial charge is 0.244 e. The highest BCUT2D eigenvalue weighted by molar-refractivity contribution is 8.00. The molecule has 0 radical (unpaired) electrons. The van der Waals surface area contributed by atoms with E-state index in [4.69, 9.17) is 0 Å². The zero-order valence-electron chi connectivity index (χ0n) is 18.2. The van der Waals surface area contributed by atoms with Gasteiger partial charge in [0, 0.05) is 29.1 Å². The third kappa shape index (κ3) is 5.97. The van der Waals surface area contributed by atoms with Crippen LogP contribution in [0.15, 0.2) is 92.6 Å². The number of pyridine rings is 1. The number of carbonyl (C=O) groups is 1. The van der Waals surface area contributed by atoms with E-state index >= 15 is 0 Å². The van der Waals surface area contributed by atoms with Crippen LogP contribution >= 0.6 is 23.5 Å². The highest BCUT2D eigenvalue weighted by Gasteiger charge is 2.27. The van der Waals surface area contributed by atoms with Gasteiger partial charge in [0.05, 0.1) is 16.0 Å². The van der Waals surface area contributed by atoms with Crippen LogP contribution in [-0.4, -0.2) is 42.0 Å². The maximum atomic E-state index is 12.9. The first-order valence-electron chi connectivity index (χ1n) is 10.7. The van der Waals surface area contributed by atoms with Crippen LogP contribution in [0.5, 0.6) is 0 Å². The minimum absolute atomic E-state index is 0.142. The molecule has 3 aromatic rings. The molecule has 2 aromatic carbocycles. The molecule has 1 aliphatic heterocycles. The van der Waals surface area contributed by atoms with Crippen molar-refractivity contribution in [2.75, 3.05) is 18.4 Å². The van der Waals surface area contributed by atoms with Crippen LogP contribution in [-0.2, 0) is 14.8 Å². The molecule has 0 spiro atoms. The van der Waals surface area contributed by atoms with Crippen molar-refractivity contribution in [1.82, 2.24) is 9.29 Å². The van der Waals surface area contributed by atoms with Gasteiger partial charge in [0.25, 0.3) is 0 Å². The molecule has 0 bridgehead atoms. The van der Waals surface area contributed by atoms with Crippen molar-refractivity contribution in [1.29, 1.82) is 0 Å². The minimum atomic E-state index is -3.49. The van der Waals surface area contributed by atoms with Gasteiger partial charge in [-0.25, -0.2) is 13.4 Å². The third-order valence-corrected chi connectivity index (χ3v) is 9.21. The Morgan fingerprint density at radius 1 is 1.00 bits per heavy atom. The Labute approximate surface area is 203 Å². The molecule has 2 heterocycles. The lowest BCUT2D eigenvalue weighted by molar-refractivity contribution is -0.115. The summed E-state index contributed by atoms with van der Waals surface area (Å²) in [5, 5.41) is 3.21. The summed E-state index contributed by atoms with van der Waals surface area (Å²) in [4.78, 5) is 19.4. The number of para-hydroxylation sites is 1. The van der Waals surface area contributed by atoms with E-state index in [9.17, 15) is 13.2 Å².